The lowest BCUT2D eigenvalue weighted by molar-refractivity contribution is -0.132. The Morgan fingerprint density at radius 3 is 2.23 bits per heavy atom. The minimum absolute atomic E-state index is 0.0538. The molecule has 0 saturated heterocycles. The molecule has 1 heterocycles. The second-order valence-electron chi connectivity index (χ2n) is 7.22. The standard InChI is InChI=1S/C25H27N3O2/c1-20(29)26-17-7-11-25(30)28(19-24-10-5-6-16-27-24)18-21-12-14-23(15-13-21)22-8-3-2-4-9-22/h2-6,8-10,12-16H,7,11,17-19H2,1H3,(H,26,29). The first-order valence-electron chi connectivity index (χ1n) is 10.2. The van der Waals surface area contributed by atoms with E-state index in [1.807, 2.05) is 41.3 Å². The van der Waals surface area contributed by atoms with Crippen LogP contribution < -0.4 is 5.32 Å². The highest BCUT2D eigenvalue weighted by Gasteiger charge is 2.15. The molecule has 5 nitrogen and oxygen atoms in total. The molecule has 3 rings (SSSR count). The van der Waals surface area contributed by atoms with Gasteiger partial charge < -0.3 is 10.2 Å². The van der Waals surface area contributed by atoms with Crippen LogP contribution in [-0.2, 0) is 22.7 Å². The second kappa shape index (κ2) is 10.9. The fourth-order valence-corrected chi connectivity index (χ4v) is 3.24. The molecule has 1 aromatic heterocycles. The molecular formula is C25H27N3O2. The number of hydrogen-bond acceptors (Lipinski definition) is 3. The van der Waals surface area contributed by atoms with E-state index >= 15 is 0 Å². The average Bonchev–Trinajstić information content (AvgIpc) is 2.78. The summed E-state index contributed by atoms with van der Waals surface area (Å²) < 4.78 is 0. The van der Waals surface area contributed by atoms with Gasteiger partial charge in [0.05, 0.1) is 12.2 Å². The lowest BCUT2D eigenvalue weighted by Crippen LogP contribution is -2.31. The molecule has 30 heavy (non-hydrogen) atoms. The van der Waals surface area contributed by atoms with E-state index < -0.39 is 0 Å². The van der Waals surface area contributed by atoms with Gasteiger partial charge in [0.15, 0.2) is 0 Å². The Morgan fingerprint density at radius 1 is 0.867 bits per heavy atom. The molecule has 0 spiro atoms. The molecule has 0 fully saturated rings. The van der Waals surface area contributed by atoms with E-state index in [0.29, 0.717) is 32.5 Å². The third-order valence-corrected chi connectivity index (χ3v) is 4.81. The first-order valence-corrected chi connectivity index (χ1v) is 10.2. The number of rotatable bonds is 9. The van der Waals surface area contributed by atoms with E-state index in [4.69, 9.17) is 0 Å². The summed E-state index contributed by atoms with van der Waals surface area (Å²) >= 11 is 0. The Kier molecular flexibility index (Phi) is 7.72. The number of nitrogens with zero attached hydrogens (tertiary/aromatic N) is 2. The summed E-state index contributed by atoms with van der Waals surface area (Å²) in [4.78, 5) is 30.1. The van der Waals surface area contributed by atoms with Crippen molar-refractivity contribution in [1.82, 2.24) is 15.2 Å². The number of benzene rings is 2. The molecule has 2 aromatic carbocycles. The number of carbonyl (C=O) groups excluding carboxylic acids is 2. The molecular weight excluding hydrogens is 374 g/mol. The predicted octanol–water partition coefficient (Wildman–Crippen LogP) is 4.19. The van der Waals surface area contributed by atoms with Gasteiger partial charge in [0, 0.05) is 32.6 Å². The van der Waals surface area contributed by atoms with Crippen molar-refractivity contribution in [3.05, 3.63) is 90.3 Å². The molecule has 0 aliphatic rings. The lowest BCUT2D eigenvalue weighted by Gasteiger charge is -2.23. The molecule has 0 unspecified atom stereocenters. The summed E-state index contributed by atoms with van der Waals surface area (Å²) in [5.41, 5.74) is 4.25. The number of hydrogen-bond donors (Lipinski definition) is 1. The monoisotopic (exact) mass is 401 g/mol. The number of nitrogens with one attached hydrogen (secondary N) is 1. The summed E-state index contributed by atoms with van der Waals surface area (Å²) in [6.45, 7) is 2.96. The largest absolute Gasteiger partial charge is 0.356 e. The van der Waals surface area contributed by atoms with Crippen LogP contribution >= 0.6 is 0 Å². The van der Waals surface area contributed by atoms with Crippen LogP contribution in [0.15, 0.2) is 79.0 Å². The van der Waals surface area contributed by atoms with Crippen molar-refractivity contribution in [3.8, 4) is 11.1 Å². The first kappa shape index (κ1) is 21.2. The van der Waals surface area contributed by atoms with Gasteiger partial charge in [-0.3, -0.25) is 14.6 Å². The van der Waals surface area contributed by atoms with Gasteiger partial charge in [-0.2, -0.15) is 0 Å². The number of carbonyl (C=O) groups is 2. The summed E-state index contributed by atoms with van der Waals surface area (Å²) in [6, 6.07) is 24.3. The third-order valence-electron chi connectivity index (χ3n) is 4.81. The lowest BCUT2D eigenvalue weighted by atomic mass is 10.0. The van der Waals surface area contributed by atoms with Crippen molar-refractivity contribution in [3.63, 3.8) is 0 Å². The molecule has 154 valence electrons. The van der Waals surface area contributed by atoms with Gasteiger partial charge in [0.1, 0.15) is 0 Å². The Morgan fingerprint density at radius 2 is 1.57 bits per heavy atom. The topological polar surface area (TPSA) is 62.3 Å². The molecule has 2 amide bonds. The van der Waals surface area contributed by atoms with Crippen LogP contribution in [0.3, 0.4) is 0 Å². The molecule has 3 aromatic rings. The van der Waals surface area contributed by atoms with Crippen molar-refractivity contribution in [2.45, 2.75) is 32.9 Å². The van der Waals surface area contributed by atoms with E-state index in [1.54, 1.807) is 6.20 Å². The van der Waals surface area contributed by atoms with E-state index in [-0.39, 0.29) is 11.8 Å². The van der Waals surface area contributed by atoms with E-state index in [1.165, 1.54) is 12.5 Å². The van der Waals surface area contributed by atoms with Crippen molar-refractivity contribution >= 4 is 11.8 Å². The van der Waals surface area contributed by atoms with Crippen LogP contribution in [0.4, 0.5) is 0 Å². The van der Waals surface area contributed by atoms with Gasteiger partial charge in [-0.15, -0.1) is 0 Å². The highest BCUT2D eigenvalue weighted by atomic mass is 16.2. The highest BCUT2D eigenvalue weighted by molar-refractivity contribution is 5.76. The van der Waals surface area contributed by atoms with E-state index in [0.717, 1.165) is 16.8 Å². The zero-order valence-electron chi connectivity index (χ0n) is 17.3. The quantitative estimate of drug-likeness (QED) is 0.547. The van der Waals surface area contributed by atoms with Crippen LogP contribution in [0.25, 0.3) is 11.1 Å². The van der Waals surface area contributed by atoms with Crippen molar-refractivity contribution in [2.75, 3.05) is 6.54 Å². The van der Waals surface area contributed by atoms with Crippen LogP contribution in [0, 0.1) is 0 Å². The van der Waals surface area contributed by atoms with Crippen molar-refractivity contribution < 1.29 is 9.59 Å². The molecule has 0 radical (unpaired) electrons. The summed E-state index contributed by atoms with van der Waals surface area (Å²) in [6.07, 6.45) is 2.74. The van der Waals surface area contributed by atoms with E-state index in [9.17, 15) is 9.59 Å². The summed E-state index contributed by atoms with van der Waals surface area (Å²) in [5.74, 6) is -0.0237. The molecule has 1 N–H and O–H groups in total. The molecule has 0 saturated carbocycles. The number of amides is 2. The van der Waals surface area contributed by atoms with Gasteiger partial charge in [0.25, 0.3) is 0 Å². The number of pyridine rings is 1. The average molecular weight is 402 g/mol. The van der Waals surface area contributed by atoms with Gasteiger partial charge in [0.2, 0.25) is 11.8 Å². The SMILES string of the molecule is CC(=O)NCCCC(=O)N(Cc1ccc(-c2ccccc2)cc1)Cc1ccccn1. The van der Waals surface area contributed by atoms with Crippen LogP contribution in [0.2, 0.25) is 0 Å². The Balaban J connectivity index is 1.68. The fraction of sp³-hybridized carbons (Fsp3) is 0.240. The molecule has 0 bridgehead atoms. The second-order valence-corrected chi connectivity index (χ2v) is 7.22. The molecule has 0 aliphatic carbocycles. The minimum atomic E-state index is -0.0775. The minimum Gasteiger partial charge on any atom is -0.356 e. The zero-order valence-corrected chi connectivity index (χ0v) is 17.3. The Bertz CT molecular complexity index is 941. The Labute approximate surface area is 177 Å². The van der Waals surface area contributed by atoms with Crippen LogP contribution in [0.1, 0.15) is 31.0 Å². The maximum absolute atomic E-state index is 12.9. The Hall–Kier alpha value is -3.47. The first-order chi connectivity index (χ1) is 14.6. The fourth-order valence-electron chi connectivity index (χ4n) is 3.24. The summed E-state index contributed by atoms with van der Waals surface area (Å²) in [7, 11) is 0. The smallest absolute Gasteiger partial charge is 0.223 e. The predicted molar refractivity (Wildman–Crippen MR) is 118 cm³/mol. The molecule has 0 atom stereocenters. The maximum Gasteiger partial charge on any atom is 0.223 e. The highest BCUT2D eigenvalue weighted by Crippen LogP contribution is 2.20. The zero-order chi connectivity index (χ0) is 21.2. The van der Waals surface area contributed by atoms with Gasteiger partial charge in [-0.05, 0) is 35.2 Å². The molecule has 5 heteroatoms. The number of aromatic nitrogens is 1. The van der Waals surface area contributed by atoms with Crippen molar-refractivity contribution in [2.24, 2.45) is 0 Å². The third kappa shape index (κ3) is 6.55. The van der Waals surface area contributed by atoms with Crippen LogP contribution in [0.5, 0.6) is 0 Å². The van der Waals surface area contributed by atoms with Crippen molar-refractivity contribution in [1.29, 1.82) is 0 Å². The summed E-state index contributed by atoms with van der Waals surface area (Å²) in [5, 5.41) is 2.74. The van der Waals surface area contributed by atoms with Gasteiger partial charge >= 0.3 is 0 Å². The van der Waals surface area contributed by atoms with Gasteiger partial charge in [-0.1, -0.05) is 60.7 Å². The molecule has 0 aliphatic heterocycles. The van der Waals surface area contributed by atoms with E-state index in [2.05, 4.69) is 46.7 Å². The normalized spacial score (nSPS) is 10.4. The van der Waals surface area contributed by atoms with Crippen LogP contribution in [-0.4, -0.2) is 28.2 Å². The van der Waals surface area contributed by atoms with Gasteiger partial charge in [-0.25, -0.2) is 0 Å². The maximum atomic E-state index is 12.9.